The molecule has 2 aliphatic rings. The summed E-state index contributed by atoms with van der Waals surface area (Å²) in [6.45, 7) is 5.96. The average molecular weight is 432 g/mol. The number of pyridine rings is 1. The molecule has 1 amide bonds. The first kappa shape index (κ1) is 21.1. The number of methoxy groups -OCH3 is 1. The van der Waals surface area contributed by atoms with Crippen LogP contribution in [0.1, 0.15) is 38.6 Å². The fraction of sp³-hybridized carbons (Fsp3) is 0.545. The second-order valence-corrected chi connectivity index (χ2v) is 9.48. The Bertz CT molecular complexity index is 983. The first-order valence-electron chi connectivity index (χ1n) is 10.5. The number of likely N-dealkylation sites (tertiary alicyclic amines) is 1. The third kappa shape index (κ3) is 4.31. The molecule has 0 aromatic carbocycles. The molecule has 4 heterocycles. The number of rotatable bonds is 4. The van der Waals surface area contributed by atoms with Crippen LogP contribution in [0.15, 0.2) is 23.0 Å². The molecule has 8 heteroatoms. The monoisotopic (exact) mass is 431 g/mol. The van der Waals surface area contributed by atoms with Crippen molar-refractivity contribution in [3.05, 3.63) is 49.6 Å². The number of ether oxygens (including phenoxy) is 1. The predicted octanol–water partition coefficient (Wildman–Crippen LogP) is 1.88. The number of carbonyl (C=O) groups excluding carboxylic acids is 1. The summed E-state index contributed by atoms with van der Waals surface area (Å²) in [5, 5.41) is 10.0. The number of β-amino-alcohol motifs (C(OH)–C–C–N with tert-alkyl or cyclic N) is 1. The van der Waals surface area contributed by atoms with Gasteiger partial charge in [-0.1, -0.05) is 0 Å². The van der Waals surface area contributed by atoms with Crippen molar-refractivity contribution in [2.45, 2.75) is 45.4 Å². The summed E-state index contributed by atoms with van der Waals surface area (Å²) >= 11 is 1.79. The number of hydrogen-bond acceptors (Lipinski definition) is 6. The van der Waals surface area contributed by atoms with Crippen LogP contribution in [-0.4, -0.2) is 64.8 Å². The molecule has 7 nitrogen and oxygen atoms in total. The van der Waals surface area contributed by atoms with Crippen LogP contribution in [0.4, 0.5) is 0 Å². The van der Waals surface area contributed by atoms with Crippen molar-refractivity contribution in [3.8, 4) is 5.75 Å². The number of aliphatic hydroxyl groups is 1. The predicted molar refractivity (Wildman–Crippen MR) is 116 cm³/mol. The zero-order valence-corrected chi connectivity index (χ0v) is 18.4. The number of aryl methyl sites for hydroxylation is 1. The zero-order chi connectivity index (χ0) is 21.3. The van der Waals surface area contributed by atoms with E-state index >= 15 is 0 Å². The lowest BCUT2D eigenvalue weighted by Crippen LogP contribution is -2.43. The van der Waals surface area contributed by atoms with E-state index in [1.165, 1.54) is 22.9 Å². The number of carbonyl (C=O) groups is 1. The van der Waals surface area contributed by atoms with Crippen molar-refractivity contribution in [1.29, 1.82) is 0 Å². The van der Waals surface area contributed by atoms with Crippen LogP contribution in [0.5, 0.6) is 5.75 Å². The minimum atomic E-state index is -0.497. The van der Waals surface area contributed by atoms with Gasteiger partial charge in [0.25, 0.3) is 11.5 Å². The van der Waals surface area contributed by atoms with Gasteiger partial charge in [0.05, 0.1) is 13.2 Å². The van der Waals surface area contributed by atoms with E-state index in [1.807, 2.05) is 0 Å². The molecule has 0 aliphatic carbocycles. The normalized spacial score (nSPS) is 20.0. The van der Waals surface area contributed by atoms with Gasteiger partial charge in [-0.05, 0) is 31.9 Å². The topological polar surface area (TPSA) is 75.0 Å². The van der Waals surface area contributed by atoms with E-state index in [-0.39, 0.29) is 11.5 Å². The summed E-state index contributed by atoms with van der Waals surface area (Å²) in [6, 6.07) is 5.71. The number of hydrogen-bond donors (Lipinski definition) is 1. The molecule has 4 rings (SSSR count). The second-order valence-electron chi connectivity index (χ2n) is 8.11. The molecule has 2 aromatic heterocycles. The molecule has 0 spiro atoms. The van der Waals surface area contributed by atoms with Gasteiger partial charge in [0.1, 0.15) is 11.3 Å². The summed E-state index contributed by atoms with van der Waals surface area (Å²) in [4.78, 5) is 32.8. The van der Waals surface area contributed by atoms with Gasteiger partial charge in [-0.15, -0.1) is 11.3 Å². The lowest BCUT2D eigenvalue weighted by molar-refractivity contribution is 0.0469. The van der Waals surface area contributed by atoms with E-state index in [0.717, 1.165) is 31.7 Å². The SMILES string of the molecule is COc1cc(=O)n2c(c1C(=O)N1CCCC(O)C1)CCN(Cc1ccc(C)s1)CC2. The van der Waals surface area contributed by atoms with Gasteiger partial charge in [-0.2, -0.15) is 0 Å². The molecule has 1 N–H and O–H groups in total. The van der Waals surface area contributed by atoms with E-state index in [1.54, 1.807) is 20.8 Å². The first-order valence-corrected chi connectivity index (χ1v) is 11.3. The van der Waals surface area contributed by atoms with Crippen LogP contribution >= 0.6 is 11.3 Å². The Kier molecular flexibility index (Phi) is 6.26. The minimum Gasteiger partial charge on any atom is -0.496 e. The molecule has 30 heavy (non-hydrogen) atoms. The fourth-order valence-corrected chi connectivity index (χ4v) is 5.36. The Morgan fingerprint density at radius 2 is 2.10 bits per heavy atom. The fourth-order valence-electron chi connectivity index (χ4n) is 4.43. The van der Waals surface area contributed by atoms with Crippen molar-refractivity contribution in [2.24, 2.45) is 0 Å². The van der Waals surface area contributed by atoms with Crippen LogP contribution in [0.3, 0.4) is 0 Å². The van der Waals surface area contributed by atoms with Gasteiger partial charge >= 0.3 is 0 Å². The first-order chi connectivity index (χ1) is 14.5. The maximum Gasteiger partial charge on any atom is 0.259 e. The van der Waals surface area contributed by atoms with Crippen LogP contribution in [0.25, 0.3) is 0 Å². The van der Waals surface area contributed by atoms with Gasteiger partial charge in [-0.25, -0.2) is 0 Å². The summed E-state index contributed by atoms with van der Waals surface area (Å²) in [6.07, 6.45) is 1.60. The maximum atomic E-state index is 13.4. The van der Waals surface area contributed by atoms with Gasteiger partial charge in [0.2, 0.25) is 0 Å². The Hall–Kier alpha value is -2.16. The highest BCUT2D eigenvalue weighted by molar-refractivity contribution is 7.11. The molecule has 0 radical (unpaired) electrons. The van der Waals surface area contributed by atoms with Crippen LogP contribution < -0.4 is 10.3 Å². The standard InChI is InChI=1S/C22H29N3O4S/c1-15-5-6-17(30-15)14-23-9-7-18-21(22(28)24-8-3-4-16(26)13-24)19(29-2)12-20(27)25(18)11-10-23/h5-6,12,16,26H,3-4,7-11,13-14H2,1-2H3. The molecule has 1 unspecified atom stereocenters. The van der Waals surface area contributed by atoms with Crippen LogP contribution in [0, 0.1) is 6.92 Å². The molecule has 1 fully saturated rings. The van der Waals surface area contributed by atoms with Crippen molar-refractivity contribution in [2.75, 3.05) is 33.3 Å². The van der Waals surface area contributed by atoms with Gasteiger partial charge < -0.3 is 19.3 Å². The molecule has 2 aliphatic heterocycles. The number of aliphatic hydroxyl groups excluding tert-OH is 1. The Labute approximate surface area is 180 Å². The molecular formula is C22H29N3O4S. The number of nitrogens with zero attached hydrogens (tertiary/aromatic N) is 3. The van der Waals surface area contributed by atoms with E-state index in [0.29, 0.717) is 43.8 Å². The molecule has 2 aromatic rings. The molecule has 1 atom stereocenters. The Morgan fingerprint density at radius 1 is 1.27 bits per heavy atom. The third-order valence-corrected chi connectivity index (χ3v) is 6.96. The second kappa shape index (κ2) is 8.91. The van der Waals surface area contributed by atoms with Crippen molar-refractivity contribution < 1.29 is 14.6 Å². The lowest BCUT2D eigenvalue weighted by atomic mass is 10.0. The number of aromatic nitrogens is 1. The highest BCUT2D eigenvalue weighted by Crippen LogP contribution is 2.26. The van der Waals surface area contributed by atoms with Gasteiger partial charge in [0, 0.05) is 67.2 Å². The van der Waals surface area contributed by atoms with Gasteiger partial charge in [0.15, 0.2) is 0 Å². The summed E-state index contributed by atoms with van der Waals surface area (Å²) in [7, 11) is 1.50. The molecule has 0 saturated carbocycles. The highest BCUT2D eigenvalue weighted by atomic mass is 32.1. The maximum absolute atomic E-state index is 13.4. The lowest BCUT2D eigenvalue weighted by Gasteiger charge is -2.31. The van der Waals surface area contributed by atoms with Crippen LogP contribution in [0.2, 0.25) is 0 Å². The number of piperidine rings is 1. The Balaban J connectivity index is 1.63. The summed E-state index contributed by atoms with van der Waals surface area (Å²) in [5.41, 5.74) is 1.08. The quantitative estimate of drug-likeness (QED) is 0.800. The van der Waals surface area contributed by atoms with E-state index in [2.05, 4.69) is 24.0 Å². The number of fused-ring (bicyclic) bond motifs is 1. The molecule has 0 bridgehead atoms. The van der Waals surface area contributed by atoms with E-state index < -0.39 is 6.10 Å². The van der Waals surface area contributed by atoms with Crippen LogP contribution in [-0.2, 0) is 19.5 Å². The van der Waals surface area contributed by atoms with Crippen molar-refractivity contribution >= 4 is 17.2 Å². The minimum absolute atomic E-state index is 0.133. The Morgan fingerprint density at radius 3 is 2.80 bits per heavy atom. The number of thiophene rings is 1. The number of amides is 1. The third-order valence-electron chi connectivity index (χ3n) is 5.98. The van der Waals surface area contributed by atoms with E-state index in [4.69, 9.17) is 4.74 Å². The largest absolute Gasteiger partial charge is 0.496 e. The smallest absolute Gasteiger partial charge is 0.259 e. The molecular weight excluding hydrogens is 402 g/mol. The van der Waals surface area contributed by atoms with E-state index in [9.17, 15) is 14.7 Å². The molecule has 162 valence electrons. The molecule has 1 saturated heterocycles. The highest BCUT2D eigenvalue weighted by Gasteiger charge is 2.30. The van der Waals surface area contributed by atoms with Crippen molar-refractivity contribution in [1.82, 2.24) is 14.4 Å². The van der Waals surface area contributed by atoms with Gasteiger partial charge in [-0.3, -0.25) is 14.5 Å². The summed E-state index contributed by atoms with van der Waals surface area (Å²) in [5.74, 6) is 0.176. The van der Waals surface area contributed by atoms with Crippen molar-refractivity contribution in [3.63, 3.8) is 0 Å². The average Bonchev–Trinajstić information content (AvgIpc) is 3.02. The zero-order valence-electron chi connectivity index (χ0n) is 17.6. The summed E-state index contributed by atoms with van der Waals surface area (Å²) < 4.78 is 7.19.